The molecular formula is C66H56S6. The average molecular weight is 1040 g/mol. The third kappa shape index (κ3) is 7.59. The van der Waals surface area contributed by atoms with Crippen molar-refractivity contribution in [2.75, 3.05) is 0 Å². The summed E-state index contributed by atoms with van der Waals surface area (Å²) in [5, 5.41) is 12.8. The predicted molar refractivity (Wildman–Crippen MR) is 327 cm³/mol. The molecule has 0 N–H and O–H groups in total. The largest absolute Gasteiger partial charge is 0.144 e. The lowest BCUT2D eigenvalue weighted by Gasteiger charge is -2.18. The summed E-state index contributed by atoms with van der Waals surface area (Å²) in [5.41, 5.74) is 24.4. The Balaban J connectivity index is 0.832. The minimum Gasteiger partial charge on any atom is -0.144 e. The number of fused-ring (bicyclic) bond motifs is 3. The molecule has 0 radical (unpaired) electrons. The van der Waals surface area contributed by atoms with Crippen LogP contribution in [0.3, 0.4) is 0 Å². The van der Waals surface area contributed by atoms with Gasteiger partial charge in [0.25, 0.3) is 0 Å². The van der Waals surface area contributed by atoms with E-state index in [0.717, 1.165) is 0 Å². The van der Waals surface area contributed by atoms with E-state index in [0.29, 0.717) is 0 Å². The van der Waals surface area contributed by atoms with E-state index in [1.807, 2.05) is 68.0 Å². The summed E-state index contributed by atoms with van der Waals surface area (Å²) in [6.07, 6.45) is 0. The van der Waals surface area contributed by atoms with E-state index in [9.17, 15) is 0 Å². The molecule has 6 aromatic heterocycles. The smallest absolute Gasteiger partial charge is 0.0449 e. The van der Waals surface area contributed by atoms with E-state index >= 15 is 0 Å². The van der Waals surface area contributed by atoms with Crippen LogP contribution in [0, 0.1) is 83.1 Å². The number of thiophene rings is 6. The molecule has 0 amide bonds. The second-order valence-corrected chi connectivity index (χ2v) is 26.3. The Morgan fingerprint density at radius 3 is 0.611 bits per heavy atom. The minimum absolute atomic E-state index is 1.33. The van der Waals surface area contributed by atoms with Crippen LogP contribution in [0.15, 0.2) is 120 Å². The van der Waals surface area contributed by atoms with Crippen LogP contribution < -0.4 is 0 Å². The first-order valence-electron chi connectivity index (χ1n) is 24.8. The Morgan fingerprint density at radius 2 is 0.417 bits per heavy atom. The van der Waals surface area contributed by atoms with Gasteiger partial charge in [0.05, 0.1) is 0 Å². The number of hydrogen-bond donors (Lipinski definition) is 0. The SMILES string of the molecule is Cc1cc(-c2ccc(-c3ccc(-c4cc(C)c5c(C)c(-c6ccc(-c7ccc(-c8cc(C)c9c(C)c(-c%10cccs%10)cc(C)c9c8C)s7)s6)cc(C)c5c4C)s3)s2)c(C)c2c(C)cc(-c3cccs3)c(C)c12. The first kappa shape index (κ1) is 47.3. The van der Waals surface area contributed by atoms with Crippen LogP contribution in [0.5, 0.6) is 0 Å². The quantitative estimate of drug-likeness (QED) is 0.142. The Morgan fingerprint density at radius 1 is 0.222 bits per heavy atom. The lowest BCUT2D eigenvalue weighted by atomic mass is 9.87. The highest BCUT2D eigenvalue weighted by molar-refractivity contribution is 7.26. The summed E-state index contributed by atoms with van der Waals surface area (Å²) in [6.45, 7) is 27.7. The van der Waals surface area contributed by atoms with E-state index in [4.69, 9.17) is 0 Å². The van der Waals surface area contributed by atoms with Gasteiger partial charge in [0.2, 0.25) is 0 Å². The maximum absolute atomic E-state index is 2.45. The zero-order chi connectivity index (χ0) is 50.0. The highest BCUT2D eigenvalue weighted by Gasteiger charge is 2.23. The third-order valence-corrected chi connectivity index (χ3v) is 22.2. The lowest BCUT2D eigenvalue weighted by molar-refractivity contribution is 1.39. The van der Waals surface area contributed by atoms with Crippen molar-refractivity contribution in [3.8, 4) is 82.2 Å². The summed E-state index contributed by atoms with van der Waals surface area (Å²) in [5.74, 6) is 0. The van der Waals surface area contributed by atoms with Gasteiger partial charge in [0, 0.05) is 48.8 Å². The van der Waals surface area contributed by atoms with Gasteiger partial charge in [0.15, 0.2) is 0 Å². The van der Waals surface area contributed by atoms with Crippen LogP contribution in [0.1, 0.15) is 66.8 Å². The van der Waals surface area contributed by atoms with E-state index < -0.39 is 0 Å². The van der Waals surface area contributed by atoms with Gasteiger partial charge in [0.1, 0.15) is 0 Å². The van der Waals surface area contributed by atoms with Gasteiger partial charge < -0.3 is 0 Å². The number of hydrogen-bond acceptors (Lipinski definition) is 6. The molecule has 0 aliphatic carbocycles. The minimum atomic E-state index is 1.33. The lowest BCUT2D eigenvalue weighted by Crippen LogP contribution is -1.95. The summed E-state index contributed by atoms with van der Waals surface area (Å²) in [7, 11) is 0. The monoisotopic (exact) mass is 1040 g/mol. The van der Waals surface area contributed by atoms with Gasteiger partial charge in [-0.2, -0.15) is 0 Å². The van der Waals surface area contributed by atoms with Crippen molar-refractivity contribution in [2.24, 2.45) is 0 Å². The molecule has 0 spiro atoms. The van der Waals surface area contributed by atoms with Crippen molar-refractivity contribution in [1.29, 1.82) is 0 Å². The molecule has 0 saturated heterocycles. The highest BCUT2D eigenvalue weighted by Crippen LogP contribution is 2.49. The zero-order valence-corrected chi connectivity index (χ0v) is 47.9. The van der Waals surface area contributed by atoms with Crippen LogP contribution in [-0.2, 0) is 0 Å². The van der Waals surface area contributed by atoms with E-state index in [1.165, 1.54) is 181 Å². The molecule has 12 aromatic rings. The van der Waals surface area contributed by atoms with Crippen molar-refractivity contribution in [3.63, 3.8) is 0 Å². The maximum atomic E-state index is 2.45. The molecule has 12 rings (SSSR count). The molecule has 6 heteroatoms. The Bertz CT molecular complexity index is 3880. The Hall–Kier alpha value is -5.70. The molecule has 0 unspecified atom stereocenters. The molecule has 0 aliphatic heterocycles. The molecule has 356 valence electrons. The average Bonchev–Trinajstić information content (AvgIpc) is 4.22. The molecular weight excluding hydrogens is 985 g/mol. The third-order valence-electron chi connectivity index (χ3n) is 15.5. The van der Waals surface area contributed by atoms with Crippen molar-refractivity contribution in [1.82, 2.24) is 0 Å². The molecule has 0 saturated carbocycles. The Kier molecular flexibility index (Phi) is 11.9. The second kappa shape index (κ2) is 18.1. The van der Waals surface area contributed by atoms with Gasteiger partial charge in [-0.25, -0.2) is 0 Å². The second-order valence-electron chi connectivity index (χ2n) is 20.1. The van der Waals surface area contributed by atoms with Crippen LogP contribution in [-0.4, -0.2) is 0 Å². The topological polar surface area (TPSA) is 0 Å². The van der Waals surface area contributed by atoms with Crippen LogP contribution in [0.25, 0.3) is 114 Å². The predicted octanol–water partition coefficient (Wildman–Crippen LogP) is 22.6. The molecule has 0 fully saturated rings. The van der Waals surface area contributed by atoms with E-state index in [-0.39, 0.29) is 0 Å². The van der Waals surface area contributed by atoms with Crippen molar-refractivity contribution >= 4 is 100 Å². The van der Waals surface area contributed by atoms with Gasteiger partial charge >= 0.3 is 0 Å². The van der Waals surface area contributed by atoms with Gasteiger partial charge in [-0.3, -0.25) is 0 Å². The fourth-order valence-corrected chi connectivity index (χ4v) is 18.2. The van der Waals surface area contributed by atoms with E-state index in [2.05, 4.69) is 203 Å². The summed E-state index contributed by atoms with van der Waals surface area (Å²) in [4.78, 5) is 13.3. The summed E-state index contributed by atoms with van der Waals surface area (Å²) in [6, 6.07) is 42.1. The highest BCUT2D eigenvalue weighted by atomic mass is 32.1. The van der Waals surface area contributed by atoms with Crippen molar-refractivity contribution < 1.29 is 0 Å². The first-order chi connectivity index (χ1) is 34.7. The molecule has 0 nitrogen and oxygen atoms in total. The molecule has 0 bridgehead atoms. The molecule has 0 aliphatic rings. The zero-order valence-electron chi connectivity index (χ0n) is 43.0. The molecule has 72 heavy (non-hydrogen) atoms. The normalized spacial score (nSPS) is 11.9. The van der Waals surface area contributed by atoms with Crippen LogP contribution >= 0.6 is 68.0 Å². The van der Waals surface area contributed by atoms with Gasteiger partial charge in [-0.05, 0) is 323 Å². The standard InChI is InChI=1S/C66H56S6/c1-33-27-45(51-15-13-25-67-51)39(7)61-35(3)29-47(41(9)63(33)61)53-17-21-57(69-53)59-23-19-55(71-59)49-31-37(5)66-44(12)50(32-38(6)65(66)43(49)11)56-20-24-60(72-56)58-22-18-54(70-58)48-30-36(4)62-40(8)46(52-16-14-26-68-52)28-34(2)64(62)42(48)10/h13-32H,1-12H3. The van der Waals surface area contributed by atoms with Crippen molar-refractivity contribution in [2.45, 2.75) is 83.1 Å². The fraction of sp³-hybridized carbons (Fsp3) is 0.182. The summed E-state index contributed by atoms with van der Waals surface area (Å²) >= 11 is 11.3. The number of rotatable bonds is 8. The van der Waals surface area contributed by atoms with Crippen LogP contribution in [0.2, 0.25) is 0 Å². The maximum Gasteiger partial charge on any atom is 0.0449 e. The first-order valence-corrected chi connectivity index (χ1v) is 29.8. The summed E-state index contributed by atoms with van der Waals surface area (Å²) < 4.78 is 0. The Labute approximate surface area is 448 Å². The molecule has 0 atom stereocenters. The van der Waals surface area contributed by atoms with Gasteiger partial charge in [-0.1, -0.05) is 12.1 Å². The van der Waals surface area contributed by atoms with Crippen molar-refractivity contribution in [3.05, 3.63) is 187 Å². The molecule has 6 heterocycles. The van der Waals surface area contributed by atoms with E-state index in [1.54, 1.807) is 0 Å². The van der Waals surface area contributed by atoms with Crippen LogP contribution in [0.4, 0.5) is 0 Å². The molecule has 6 aromatic carbocycles. The number of benzene rings is 6. The fourth-order valence-electron chi connectivity index (χ4n) is 12.1. The number of aryl methyl sites for hydroxylation is 12. The van der Waals surface area contributed by atoms with Gasteiger partial charge in [-0.15, -0.1) is 68.0 Å².